The molecule has 1 aromatic carbocycles. The Labute approximate surface area is 226 Å². The minimum absolute atomic E-state index is 0.0392. The predicted molar refractivity (Wildman–Crippen MR) is 143 cm³/mol. The average Bonchev–Trinajstić information content (AvgIpc) is 3.35. The van der Waals surface area contributed by atoms with E-state index in [1.54, 1.807) is 18.2 Å². The molecule has 0 bridgehead atoms. The molecule has 39 heavy (non-hydrogen) atoms. The number of ether oxygens (including phenoxy) is 2. The SMILES string of the molecule is C[C@@H]1CN(c2ccc(C#N)n3ncc(F)c23)C[C@H](CN2CCN(c3ccc([C@@H]4CNCCO4)cc3F)CC2)O1. The van der Waals surface area contributed by atoms with Gasteiger partial charge in [0.25, 0.3) is 0 Å². The van der Waals surface area contributed by atoms with Crippen LogP contribution in [0.1, 0.15) is 24.3 Å². The van der Waals surface area contributed by atoms with E-state index in [2.05, 4.69) is 31.2 Å². The zero-order valence-electron chi connectivity index (χ0n) is 22.0. The second kappa shape index (κ2) is 11.1. The lowest BCUT2D eigenvalue weighted by atomic mass is 10.1. The highest BCUT2D eigenvalue weighted by atomic mass is 19.1. The number of hydrogen-bond donors (Lipinski definition) is 1. The number of anilines is 2. The number of morpholine rings is 2. The molecular formula is C28H33F2N7O2. The normalized spacial score (nSPS) is 24.7. The molecule has 2 aromatic heterocycles. The van der Waals surface area contributed by atoms with Gasteiger partial charge >= 0.3 is 0 Å². The molecular weight excluding hydrogens is 504 g/mol. The highest BCUT2D eigenvalue weighted by molar-refractivity contribution is 5.74. The Morgan fingerprint density at radius 3 is 2.62 bits per heavy atom. The first-order valence-electron chi connectivity index (χ1n) is 13.6. The highest BCUT2D eigenvalue weighted by Crippen LogP contribution is 2.30. The van der Waals surface area contributed by atoms with Crippen molar-refractivity contribution in [3.05, 3.63) is 59.4 Å². The lowest BCUT2D eigenvalue weighted by molar-refractivity contribution is -0.0327. The smallest absolute Gasteiger partial charge is 0.171 e. The summed E-state index contributed by atoms with van der Waals surface area (Å²) in [5.74, 6) is -0.659. The van der Waals surface area contributed by atoms with E-state index in [9.17, 15) is 9.65 Å². The molecule has 3 fully saturated rings. The number of halogens is 2. The van der Waals surface area contributed by atoms with Crippen LogP contribution in [-0.4, -0.2) is 92.2 Å². The van der Waals surface area contributed by atoms with Crippen LogP contribution in [0.15, 0.2) is 36.5 Å². The van der Waals surface area contributed by atoms with Gasteiger partial charge in [-0.25, -0.2) is 13.3 Å². The van der Waals surface area contributed by atoms with Gasteiger partial charge < -0.3 is 24.6 Å². The zero-order chi connectivity index (χ0) is 26.9. The van der Waals surface area contributed by atoms with Crippen LogP contribution in [-0.2, 0) is 9.47 Å². The Hall–Kier alpha value is -3.30. The van der Waals surface area contributed by atoms with Gasteiger partial charge in [-0.15, -0.1) is 0 Å². The summed E-state index contributed by atoms with van der Waals surface area (Å²) in [6.07, 6.45) is 0.935. The molecule has 9 nitrogen and oxygen atoms in total. The molecule has 5 heterocycles. The van der Waals surface area contributed by atoms with Gasteiger partial charge in [-0.1, -0.05) is 6.07 Å². The molecule has 0 radical (unpaired) electrons. The van der Waals surface area contributed by atoms with Crippen molar-refractivity contribution < 1.29 is 18.3 Å². The van der Waals surface area contributed by atoms with E-state index in [0.717, 1.165) is 51.0 Å². The van der Waals surface area contributed by atoms with Crippen LogP contribution in [0.2, 0.25) is 0 Å². The Balaban J connectivity index is 1.09. The number of rotatable bonds is 5. The number of nitriles is 1. The predicted octanol–water partition coefficient (Wildman–Crippen LogP) is 2.56. The van der Waals surface area contributed by atoms with Crippen molar-refractivity contribution in [3.8, 4) is 6.07 Å². The number of piperazine rings is 1. The number of pyridine rings is 1. The lowest BCUT2D eigenvalue weighted by Crippen LogP contribution is -2.54. The molecule has 3 aliphatic rings. The van der Waals surface area contributed by atoms with Crippen molar-refractivity contribution in [2.45, 2.75) is 25.2 Å². The van der Waals surface area contributed by atoms with Gasteiger partial charge in [0.1, 0.15) is 23.1 Å². The van der Waals surface area contributed by atoms with Crippen molar-refractivity contribution in [2.24, 2.45) is 0 Å². The van der Waals surface area contributed by atoms with Crippen LogP contribution in [0.25, 0.3) is 5.52 Å². The van der Waals surface area contributed by atoms with Crippen molar-refractivity contribution in [1.29, 1.82) is 5.26 Å². The maximum absolute atomic E-state index is 15.1. The van der Waals surface area contributed by atoms with Crippen molar-refractivity contribution in [3.63, 3.8) is 0 Å². The summed E-state index contributed by atoms with van der Waals surface area (Å²) in [6, 6.07) is 11.0. The van der Waals surface area contributed by atoms with Gasteiger partial charge in [0.2, 0.25) is 0 Å². The van der Waals surface area contributed by atoms with Crippen molar-refractivity contribution in [1.82, 2.24) is 19.8 Å². The third-order valence-electron chi connectivity index (χ3n) is 7.82. The molecule has 0 spiro atoms. The summed E-state index contributed by atoms with van der Waals surface area (Å²) in [4.78, 5) is 6.57. The van der Waals surface area contributed by atoms with Gasteiger partial charge in [-0.05, 0) is 36.8 Å². The van der Waals surface area contributed by atoms with Crippen molar-refractivity contribution in [2.75, 3.05) is 75.3 Å². The molecule has 1 N–H and O–H groups in total. The second-order valence-corrected chi connectivity index (χ2v) is 10.5. The zero-order valence-corrected chi connectivity index (χ0v) is 22.0. The number of nitrogens with zero attached hydrogens (tertiary/aromatic N) is 6. The van der Waals surface area contributed by atoms with E-state index < -0.39 is 5.82 Å². The van der Waals surface area contributed by atoms with E-state index in [1.165, 1.54) is 4.52 Å². The first kappa shape index (κ1) is 26.0. The van der Waals surface area contributed by atoms with Crippen molar-refractivity contribution >= 4 is 16.9 Å². The summed E-state index contributed by atoms with van der Waals surface area (Å²) in [6.45, 7) is 9.17. The topological polar surface area (TPSA) is 81.3 Å². The fraction of sp³-hybridized carbons (Fsp3) is 0.500. The standard InChI is InChI=1S/C28H33F2N7O2/c1-19-16-36(26-5-3-21(13-31)37-28(26)24(30)14-33-37)18-22(39-19)17-34-7-9-35(10-8-34)25-4-2-20(12-23(25)29)27-15-32-6-11-38-27/h2-5,12,14,19,22,27,32H,6-11,15-18H2,1H3/t19-,22+,27+/m1/s1. The first-order chi connectivity index (χ1) is 19.0. The fourth-order valence-corrected chi connectivity index (χ4v) is 5.95. The van der Waals surface area contributed by atoms with Gasteiger partial charge in [0.05, 0.1) is 42.5 Å². The van der Waals surface area contributed by atoms with E-state index >= 15 is 4.39 Å². The second-order valence-electron chi connectivity index (χ2n) is 10.5. The van der Waals surface area contributed by atoms with Crippen LogP contribution < -0.4 is 15.1 Å². The molecule has 0 unspecified atom stereocenters. The molecule has 3 saturated heterocycles. The molecule has 0 saturated carbocycles. The monoisotopic (exact) mass is 537 g/mol. The molecule has 6 rings (SSSR count). The van der Waals surface area contributed by atoms with Crippen LogP contribution in [0.3, 0.4) is 0 Å². The number of nitrogens with one attached hydrogen (secondary N) is 1. The van der Waals surface area contributed by atoms with Crippen LogP contribution >= 0.6 is 0 Å². The van der Waals surface area contributed by atoms with E-state index in [-0.39, 0.29) is 24.1 Å². The lowest BCUT2D eigenvalue weighted by Gasteiger charge is -2.42. The Bertz CT molecular complexity index is 1360. The third kappa shape index (κ3) is 5.30. The van der Waals surface area contributed by atoms with E-state index in [4.69, 9.17) is 9.47 Å². The molecule has 206 valence electrons. The maximum Gasteiger partial charge on any atom is 0.171 e. The Morgan fingerprint density at radius 2 is 1.87 bits per heavy atom. The molecule has 0 amide bonds. The van der Waals surface area contributed by atoms with Gasteiger partial charge in [0.15, 0.2) is 5.82 Å². The van der Waals surface area contributed by atoms with Crippen LogP contribution in [0.4, 0.5) is 20.2 Å². The average molecular weight is 538 g/mol. The largest absolute Gasteiger partial charge is 0.371 e. The molecule has 11 heteroatoms. The maximum atomic E-state index is 15.1. The number of hydrogen-bond acceptors (Lipinski definition) is 8. The van der Waals surface area contributed by atoms with E-state index in [0.29, 0.717) is 48.8 Å². The number of aromatic nitrogens is 2. The van der Waals surface area contributed by atoms with Crippen LogP contribution in [0, 0.1) is 23.0 Å². The van der Waals surface area contributed by atoms with Crippen LogP contribution in [0.5, 0.6) is 0 Å². The van der Waals surface area contributed by atoms with E-state index in [1.807, 2.05) is 19.1 Å². The summed E-state index contributed by atoms with van der Waals surface area (Å²) >= 11 is 0. The summed E-state index contributed by atoms with van der Waals surface area (Å²) < 4.78 is 43.1. The minimum atomic E-state index is -0.447. The minimum Gasteiger partial charge on any atom is -0.371 e. The molecule has 3 aromatic rings. The molecule has 3 aliphatic heterocycles. The molecule has 0 aliphatic carbocycles. The summed E-state index contributed by atoms with van der Waals surface area (Å²) in [7, 11) is 0. The number of benzene rings is 1. The molecule has 3 atom stereocenters. The third-order valence-corrected chi connectivity index (χ3v) is 7.82. The highest BCUT2D eigenvalue weighted by Gasteiger charge is 2.30. The number of fused-ring (bicyclic) bond motifs is 1. The Morgan fingerprint density at radius 1 is 1.05 bits per heavy atom. The van der Waals surface area contributed by atoms with Gasteiger partial charge in [-0.2, -0.15) is 10.4 Å². The summed E-state index contributed by atoms with van der Waals surface area (Å²) in [5, 5.41) is 16.7. The fourth-order valence-electron chi connectivity index (χ4n) is 5.95. The first-order valence-corrected chi connectivity index (χ1v) is 13.6. The Kier molecular flexibility index (Phi) is 7.36. The quantitative estimate of drug-likeness (QED) is 0.532. The summed E-state index contributed by atoms with van der Waals surface area (Å²) in [5.41, 5.74) is 2.81. The van der Waals surface area contributed by atoms with Gasteiger partial charge in [0, 0.05) is 58.9 Å². The van der Waals surface area contributed by atoms with Gasteiger partial charge in [-0.3, -0.25) is 4.90 Å².